The molecule has 0 aromatic carbocycles. The molecule has 0 aliphatic carbocycles. The van der Waals surface area contributed by atoms with Crippen molar-refractivity contribution in [2.45, 2.75) is 19.8 Å². The van der Waals surface area contributed by atoms with Gasteiger partial charge in [-0.1, -0.05) is 0 Å². The van der Waals surface area contributed by atoms with Gasteiger partial charge in [0, 0.05) is 27.7 Å². The quantitative estimate of drug-likeness (QED) is 0.397. The van der Waals surface area contributed by atoms with E-state index in [0.717, 1.165) is 6.54 Å². The normalized spacial score (nSPS) is 16.4. The van der Waals surface area contributed by atoms with E-state index in [9.17, 15) is 0 Å². The van der Waals surface area contributed by atoms with E-state index < -0.39 is 0 Å². The van der Waals surface area contributed by atoms with Crippen molar-refractivity contribution in [3.8, 4) is 0 Å². The highest BCUT2D eigenvalue weighted by Crippen LogP contribution is 2.00. The van der Waals surface area contributed by atoms with E-state index in [-0.39, 0.29) is 0 Å². The van der Waals surface area contributed by atoms with Crippen molar-refractivity contribution in [1.29, 1.82) is 0 Å². The largest absolute Gasteiger partial charge is 0.294 e. The monoisotopic (exact) mass is 105 g/mol. The van der Waals surface area contributed by atoms with Crippen LogP contribution < -0.4 is 0 Å². The number of hydrogen-bond donors (Lipinski definition) is 0. The molecule has 0 N–H and O–H groups in total. The van der Waals surface area contributed by atoms with Crippen LogP contribution >= 0.6 is 0 Å². The molecule has 0 fully saturated rings. The van der Waals surface area contributed by atoms with Crippen molar-refractivity contribution < 1.29 is 0 Å². The summed E-state index contributed by atoms with van der Waals surface area (Å²) in [6.07, 6.45) is 2.52. The maximum Gasteiger partial charge on any atom is 0.0392 e. The second-order valence-electron chi connectivity index (χ2n) is 1.72. The minimum Gasteiger partial charge on any atom is -0.294 e. The Labute approximate surface area is 53.4 Å². The van der Waals surface area contributed by atoms with Gasteiger partial charge >= 0.3 is 0 Å². The SMILES string of the molecule is CC1=NCCC1.[B][B]. The Balaban J connectivity index is 0.000000222. The molecule has 4 radical (unpaired) electrons. The molecule has 1 aliphatic rings. The molecule has 0 bridgehead atoms. The van der Waals surface area contributed by atoms with Gasteiger partial charge in [-0.3, -0.25) is 4.99 Å². The van der Waals surface area contributed by atoms with Crippen LogP contribution in [-0.4, -0.2) is 27.7 Å². The summed E-state index contributed by atoms with van der Waals surface area (Å²) in [5.74, 6) is 0. The van der Waals surface area contributed by atoms with Crippen molar-refractivity contribution in [2.24, 2.45) is 4.99 Å². The molecule has 0 aromatic heterocycles. The molecular formula is C5H9B2N. The second kappa shape index (κ2) is 4.95. The Morgan fingerprint density at radius 3 is 2.25 bits per heavy atom. The zero-order valence-corrected chi connectivity index (χ0v) is 5.22. The van der Waals surface area contributed by atoms with E-state index in [0.29, 0.717) is 0 Å². The Bertz CT molecular complexity index is 80.5. The number of aliphatic imine (C=N–C) groups is 1. The topological polar surface area (TPSA) is 12.4 Å². The summed E-state index contributed by atoms with van der Waals surface area (Å²) in [5, 5.41) is 0. The molecule has 0 saturated carbocycles. The van der Waals surface area contributed by atoms with Gasteiger partial charge in [-0.2, -0.15) is 0 Å². The number of rotatable bonds is 0. The Kier molecular flexibility index (Phi) is 4.82. The maximum absolute atomic E-state index is 4.15. The van der Waals surface area contributed by atoms with Crippen LogP contribution in [0.15, 0.2) is 4.99 Å². The van der Waals surface area contributed by atoms with Gasteiger partial charge in [0.1, 0.15) is 0 Å². The highest BCUT2D eigenvalue weighted by Gasteiger charge is 1.96. The first-order valence-electron chi connectivity index (χ1n) is 2.73. The molecule has 1 rings (SSSR count). The van der Waals surface area contributed by atoms with Gasteiger partial charge < -0.3 is 0 Å². The predicted molar refractivity (Wildman–Crippen MR) is 38.7 cm³/mol. The summed E-state index contributed by atoms with van der Waals surface area (Å²) in [5.41, 5.74) is 1.33. The fourth-order valence-corrected chi connectivity index (χ4v) is 0.684. The summed E-state index contributed by atoms with van der Waals surface area (Å²) in [7, 11) is 8.00. The first-order chi connectivity index (χ1) is 3.89. The molecule has 8 heavy (non-hydrogen) atoms. The third-order valence-corrected chi connectivity index (χ3v) is 1.08. The molecule has 0 unspecified atom stereocenters. The van der Waals surface area contributed by atoms with Crippen molar-refractivity contribution in [2.75, 3.05) is 6.54 Å². The third kappa shape index (κ3) is 2.89. The molecule has 0 saturated heterocycles. The summed E-state index contributed by atoms with van der Waals surface area (Å²) >= 11 is 0. The van der Waals surface area contributed by atoms with Gasteiger partial charge in [0.05, 0.1) is 0 Å². The zero-order chi connectivity index (χ0) is 6.41. The highest BCUT2D eigenvalue weighted by molar-refractivity contribution is 6.75. The van der Waals surface area contributed by atoms with Crippen molar-refractivity contribution >= 4 is 21.2 Å². The van der Waals surface area contributed by atoms with Gasteiger partial charge in [-0.25, -0.2) is 0 Å². The zero-order valence-electron chi connectivity index (χ0n) is 5.22. The summed E-state index contributed by atoms with van der Waals surface area (Å²) in [6, 6.07) is 0. The minimum absolute atomic E-state index is 1.08. The molecule has 1 heterocycles. The van der Waals surface area contributed by atoms with Gasteiger partial charge in [0.2, 0.25) is 0 Å². The maximum atomic E-state index is 4.15. The van der Waals surface area contributed by atoms with Crippen LogP contribution in [0.2, 0.25) is 0 Å². The van der Waals surface area contributed by atoms with E-state index in [1.807, 2.05) is 0 Å². The van der Waals surface area contributed by atoms with Gasteiger partial charge in [-0.05, 0) is 19.8 Å². The Morgan fingerprint density at radius 2 is 2.12 bits per heavy atom. The van der Waals surface area contributed by atoms with Crippen LogP contribution in [0.25, 0.3) is 0 Å². The van der Waals surface area contributed by atoms with Crippen LogP contribution in [0.3, 0.4) is 0 Å². The lowest BCUT2D eigenvalue weighted by molar-refractivity contribution is 0.951. The van der Waals surface area contributed by atoms with Crippen LogP contribution in [-0.2, 0) is 0 Å². The molecule has 0 atom stereocenters. The molecule has 3 heteroatoms. The molecule has 1 aliphatic heterocycles. The van der Waals surface area contributed by atoms with Crippen LogP contribution in [0.5, 0.6) is 0 Å². The van der Waals surface area contributed by atoms with Crippen molar-refractivity contribution in [3.05, 3.63) is 0 Å². The summed E-state index contributed by atoms with van der Waals surface area (Å²) in [6.45, 7) is 3.17. The van der Waals surface area contributed by atoms with Crippen molar-refractivity contribution in [3.63, 3.8) is 0 Å². The molecule has 0 spiro atoms. The average molecular weight is 105 g/mol. The van der Waals surface area contributed by atoms with Crippen LogP contribution in [0, 0.1) is 0 Å². The third-order valence-electron chi connectivity index (χ3n) is 1.08. The number of nitrogens with zero attached hydrogens (tertiary/aromatic N) is 1. The molecule has 1 nitrogen and oxygen atoms in total. The van der Waals surface area contributed by atoms with E-state index >= 15 is 0 Å². The van der Waals surface area contributed by atoms with Crippen molar-refractivity contribution in [1.82, 2.24) is 0 Å². The lowest BCUT2D eigenvalue weighted by atomic mass is 9.81. The second-order valence-corrected chi connectivity index (χ2v) is 1.72. The van der Waals surface area contributed by atoms with E-state index in [1.54, 1.807) is 0 Å². The molecular weight excluding hydrogens is 95.7 g/mol. The predicted octanol–water partition coefficient (Wildman–Crippen LogP) is 0.480. The lowest BCUT2D eigenvalue weighted by Crippen LogP contribution is -1.77. The summed E-state index contributed by atoms with van der Waals surface area (Å²) < 4.78 is 0. The molecule has 40 valence electrons. The van der Waals surface area contributed by atoms with Gasteiger partial charge in [-0.15, -0.1) is 0 Å². The first kappa shape index (κ1) is 7.80. The average Bonchev–Trinajstić information content (AvgIpc) is 2.24. The van der Waals surface area contributed by atoms with Gasteiger partial charge in [0.25, 0.3) is 0 Å². The standard InChI is InChI=1S/C5H9N.B2/c1-5-3-2-4-6-5;1-2/h2-4H2,1H3;. The Morgan fingerprint density at radius 1 is 1.50 bits per heavy atom. The minimum atomic E-state index is 1.08. The molecule has 0 amide bonds. The van der Waals surface area contributed by atoms with E-state index in [1.165, 1.54) is 18.6 Å². The van der Waals surface area contributed by atoms with Crippen LogP contribution in [0.4, 0.5) is 0 Å². The lowest BCUT2D eigenvalue weighted by Gasteiger charge is -1.76. The van der Waals surface area contributed by atoms with Gasteiger partial charge in [0.15, 0.2) is 0 Å². The Hall–Kier alpha value is -0.200. The fraction of sp³-hybridized carbons (Fsp3) is 0.800. The first-order valence-corrected chi connectivity index (χ1v) is 2.73. The number of hydrogen-bond acceptors (Lipinski definition) is 1. The smallest absolute Gasteiger partial charge is 0.0392 e. The fourth-order valence-electron chi connectivity index (χ4n) is 0.684. The highest BCUT2D eigenvalue weighted by atomic mass is 14.7. The molecule has 0 aromatic rings. The van der Waals surface area contributed by atoms with Crippen LogP contribution in [0.1, 0.15) is 19.8 Å². The van der Waals surface area contributed by atoms with E-state index in [4.69, 9.17) is 0 Å². The van der Waals surface area contributed by atoms with E-state index in [2.05, 4.69) is 27.4 Å². The summed E-state index contributed by atoms with van der Waals surface area (Å²) in [4.78, 5) is 4.15.